The maximum atomic E-state index is 6.13. The van der Waals surface area contributed by atoms with Crippen LogP contribution in [0, 0.1) is 0 Å². The number of rotatable bonds is 2. The zero-order valence-corrected chi connectivity index (χ0v) is 11.9. The lowest BCUT2D eigenvalue weighted by Crippen LogP contribution is -2.29. The molecular weight excluding hydrogens is 285 g/mol. The summed E-state index contributed by atoms with van der Waals surface area (Å²) in [5.74, 6) is 0. The second-order valence-corrected chi connectivity index (χ2v) is 5.74. The van der Waals surface area contributed by atoms with Gasteiger partial charge in [0.1, 0.15) is 0 Å². The normalized spacial score (nSPS) is 16.9. The second-order valence-electron chi connectivity index (χ2n) is 3.62. The van der Waals surface area contributed by atoms with Gasteiger partial charge in [0.05, 0.1) is 10.0 Å². The lowest BCUT2D eigenvalue weighted by molar-refractivity contribution is 0.531. The van der Waals surface area contributed by atoms with Crippen LogP contribution in [0.2, 0.25) is 10.0 Å². The summed E-state index contributed by atoms with van der Waals surface area (Å²) in [6, 6.07) is 5.69. The topological polar surface area (TPSA) is 12.0 Å². The lowest BCUT2D eigenvalue weighted by Gasteiger charge is -2.22. The van der Waals surface area contributed by atoms with E-state index in [1.165, 1.54) is 12.8 Å². The Morgan fingerprint density at radius 2 is 1.69 bits per heavy atom. The lowest BCUT2D eigenvalue weighted by atomic mass is 10.2. The van der Waals surface area contributed by atoms with E-state index in [4.69, 9.17) is 23.2 Å². The summed E-state index contributed by atoms with van der Waals surface area (Å²) in [5, 5.41) is 5.53. The van der Waals surface area contributed by atoms with Gasteiger partial charge >= 0.3 is 0 Å². The van der Waals surface area contributed by atoms with Gasteiger partial charge < -0.3 is 5.32 Å². The van der Waals surface area contributed by atoms with Gasteiger partial charge in [0.2, 0.25) is 0 Å². The van der Waals surface area contributed by atoms with Gasteiger partial charge in [-0.3, -0.25) is 0 Å². The van der Waals surface area contributed by atoms with Crippen molar-refractivity contribution in [1.29, 1.82) is 0 Å². The van der Waals surface area contributed by atoms with E-state index >= 15 is 0 Å². The SMILES string of the molecule is Cl.Clc1cccc(Cl)c1SC1CCNCC1. The third-order valence-electron chi connectivity index (χ3n) is 2.49. The van der Waals surface area contributed by atoms with Crippen LogP contribution in [0.1, 0.15) is 12.8 Å². The summed E-state index contributed by atoms with van der Waals surface area (Å²) in [4.78, 5) is 1.03. The van der Waals surface area contributed by atoms with Crippen molar-refractivity contribution in [3.8, 4) is 0 Å². The zero-order chi connectivity index (χ0) is 10.7. The summed E-state index contributed by atoms with van der Waals surface area (Å²) in [5.41, 5.74) is 0. The van der Waals surface area contributed by atoms with Gasteiger partial charge in [0, 0.05) is 10.1 Å². The fourth-order valence-corrected chi connectivity index (χ4v) is 3.51. The standard InChI is InChI=1S/C11H13Cl2NS.ClH/c12-9-2-1-3-10(13)11(9)15-8-4-6-14-7-5-8;/h1-3,8,14H,4-7H2;1H. The Kier molecular flexibility index (Phi) is 6.30. The van der Waals surface area contributed by atoms with Crippen LogP contribution < -0.4 is 5.32 Å². The maximum absolute atomic E-state index is 6.13. The summed E-state index contributed by atoms with van der Waals surface area (Å²) < 4.78 is 0. The Labute approximate surface area is 117 Å². The minimum Gasteiger partial charge on any atom is -0.317 e. The van der Waals surface area contributed by atoms with Crippen LogP contribution in [0.4, 0.5) is 0 Å². The van der Waals surface area contributed by atoms with E-state index in [0.717, 1.165) is 28.0 Å². The zero-order valence-electron chi connectivity index (χ0n) is 8.71. The molecule has 1 aliphatic rings. The Balaban J connectivity index is 0.00000128. The molecule has 0 bridgehead atoms. The number of nitrogens with one attached hydrogen (secondary N) is 1. The average molecular weight is 299 g/mol. The number of piperidine rings is 1. The molecule has 0 atom stereocenters. The molecule has 2 rings (SSSR count). The van der Waals surface area contributed by atoms with Crippen molar-refractivity contribution in [3.05, 3.63) is 28.2 Å². The molecule has 1 heterocycles. The Bertz CT molecular complexity index is 320. The van der Waals surface area contributed by atoms with Crippen molar-refractivity contribution in [3.63, 3.8) is 0 Å². The van der Waals surface area contributed by atoms with Gasteiger partial charge in [-0.2, -0.15) is 0 Å². The predicted molar refractivity (Wildman–Crippen MR) is 75.5 cm³/mol. The minimum atomic E-state index is 0. The molecule has 1 fully saturated rings. The highest BCUT2D eigenvalue weighted by atomic mass is 35.5. The molecular formula is C11H14Cl3NS. The van der Waals surface area contributed by atoms with Crippen LogP contribution in [0.25, 0.3) is 0 Å². The summed E-state index contributed by atoms with van der Waals surface area (Å²) in [6.07, 6.45) is 2.37. The average Bonchev–Trinajstić information content (AvgIpc) is 2.25. The number of halogens is 3. The van der Waals surface area contributed by atoms with Crippen molar-refractivity contribution in [1.82, 2.24) is 5.32 Å². The molecule has 0 aromatic heterocycles. The van der Waals surface area contributed by atoms with Gasteiger partial charge in [-0.1, -0.05) is 29.3 Å². The van der Waals surface area contributed by atoms with Crippen LogP contribution in [0.15, 0.2) is 23.1 Å². The third-order valence-corrected chi connectivity index (χ3v) is 4.82. The molecule has 16 heavy (non-hydrogen) atoms. The second kappa shape index (κ2) is 6.97. The molecule has 0 radical (unpaired) electrons. The molecule has 1 saturated heterocycles. The fourth-order valence-electron chi connectivity index (χ4n) is 1.68. The Morgan fingerprint density at radius 1 is 1.12 bits per heavy atom. The van der Waals surface area contributed by atoms with Crippen molar-refractivity contribution in [2.45, 2.75) is 23.0 Å². The summed E-state index contributed by atoms with van der Waals surface area (Å²) >= 11 is 14.1. The molecule has 0 spiro atoms. The van der Waals surface area contributed by atoms with E-state index in [1.54, 1.807) is 0 Å². The van der Waals surface area contributed by atoms with Gasteiger partial charge in [-0.15, -0.1) is 24.2 Å². The van der Waals surface area contributed by atoms with E-state index in [9.17, 15) is 0 Å². The summed E-state index contributed by atoms with van der Waals surface area (Å²) in [6.45, 7) is 2.19. The van der Waals surface area contributed by atoms with Crippen molar-refractivity contribution in [2.75, 3.05) is 13.1 Å². The predicted octanol–water partition coefficient (Wildman–Crippen LogP) is 4.26. The first-order valence-corrected chi connectivity index (χ1v) is 6.72. The molecule has 0 unspecified atom stereocenters. The van der Waals surface area contributed by atoms with Crippen LogP contribution >= 0.6 is 47.4 Å². The van der Waals surface area contributed by atoms with E-state index in [2.05, 4.69) is 5.32 Å². The van der Waals surface area contributed by atoms with E-state index in [0.29, 0.717) is 5.25 Å². The first kappa shape index (κ1) is 14.5. The smallest absolute Gasteiger partial charge is 0.0557 e. The molecule has 1 aromatic carbocycles. The highest BCUT2D eigenvalue weighted by Crippen LogP contribution is 2.38. The maximum Gasteiger partial charge on any atom is 0.0557 e. The fraction of sp³-hybridized carbons (Fsp3) is 0.455. The first-order chi connectivity index (χ1) is 7.27. The highest BCUT2D eigenvalue weighted by molar-refractivity contribution is 8.00. The Hall–Kier alpha value is 0.400. The van der Waals surface area contributed by atoms with Gasteiger partial charge in [-0.25, -0.2) is 0 Å². The number of hydrogen-bond acceptors (Lipinski definition) is 2. The molecule has 1 aliphatic heterocycles. The molecule has 5 heteroatoms. The van der Waals surface area contributed by atoms with Crippen molar-refractivity contribution in [2.24, 2.45) is 0 Å². The third kappa shape index (κ3) is 3.71. The van der Waals surface area contributed by atoms with Crippen LogP contribution in [0.3, 0.4) is 0 Å². The molecule has 1 N–H and O–H groups in total. The molecule has 1 nitrogen and oxygen atoms in total. The van der Waals surface area contributed by atoms with Gasteiger partial charge in [0.15, 0.2) is 0 Å². The van der Waals surface area contributed by atoms with Crippen LogP contribution in [0.5, 0.6) is 0 Å². The summed E-state index contributed by atoms with van der Waals surface area (Å²) in [7, 11) is 0. The molecule has 0 saturated carbocycles. The number of benzene rings is 1. The monoisotopic (exact) mass is 297 g/mol. The molecule has 0 aliphatic carbocycles. The molecule has 1 aromatic rings. The highest BCUT2D eigenvalue weighted by Gasteiger charge is 2.17. The van der Waals surface area contributed by atoms with Crippen molar-refractivity contribution < 1.29 is 0 Å². The van der Waals surface area contributed by atoms with Crippen LogP contribution in [-0.2, 0) is 0 Å². The van der Waals surface area contributed by atoms with Crippen LogP contribution in [-0.4, -0.2) is 18.3 Å². The quantitative estimate of drug-likeness (QED) is 0.875. The first-order valence-electron chi connectivity index (χ1n) is 5.09. The number of hydrogen-bond donors (Lipinski definition) is 1. The molecule has 0 amide bonds. The van der Waals surface area contributed by atoms with E-state index < -0.39 is 0 Å². The van der Waals surface area contributed by atoms with E-state index in [-0.39, 0.29) is 12.4 Å². The molecule has 90 valence electrons. The van der Waals surface area contributed by atoms with Crippen molar-refractivity contribution >= 4 is 47.4 Å². The number of thioether (sulfide) groups is 1. The van der Waals surface area contributed by atoms with Gasteiger partial charge in [0.25, 0.3) is 0 Å². The largest absolute Gasteiger partial charge is 0.317 e. The van der Waals surface area contributed by atoms with E-state index in [1.807, 2.05) is 30.0 Å². The van der Waals surface area contributed by atoms with Gasteiger partial charge in [-0.05, 0) is 38.1 Å². The minimum absolute atomic E-state index is 0. The Morgan fingerprint density at radius 3 is 2.25 bits per heavy atom.